The molecule has 2 fully saturated rings. The molecule has 8 nitrogen and oxygen atoms in total. The Labute approximate surface area is 209 Å². The number of aromatic nitrogens is 2. The second kappa shape index (κ2) is 9.74. The van der Waals surface area contributed by atoms with Crippen LogP contribution in [0.25, 0.3) is 10.9 Å². The highest BCUT2D eigenvalue weighted by Crippen LogP contribution is 2.36. The van der Waals surface area contributed by atoms with E-state index >= 15 is 4.39 Å². The maximum atomic E-state index is 15.4. The zero-order valence-corrected chi connectivity index (χ0v) is 20.9. The van der Waals surface area contributed by atoms with E-state index in [4.69, 9.17) is 14.7 Å². The predicted molar refractivity (Wildman–Crippen MR) is 134 cm³/mol. The van der Waals surface area contributed by atoms with Crippen molar-refractivity contribution in [1.29, 1.82) is 0 Å². The van der Waals surface area contributed by atoms with Gasteiger partial charge in [-0.15, -0.1) is 0 Å². The van der Waals surface area contributed by atoms with Gasteiger partial charge in [0, 0.05) is 43.8 Å². The number of carbonyl (C=O) groups is 1. The van der Waals surface area contributed by atoms with Crippen LogP contribution < -0.4 is 25.6 Å². The number of primary amides is 1. The summed E-state index contributed by atoms with van der Waals surface area (Å²) in [5.41, 5.74) is 0.217. The summed E-state index contributed by atoms with van der Waals surface area (Å²) >= 11 is 0. The zero-order valence-electron chi connectivity index (χ0n) is 20.9. The van der Waals surface area contributed by atoms with Gasteiger partial charge < -0.3 is 20.3 Å². The van der Waals surface area contributed by atoms with Crippen molar-refractivity contribution in [2.24, 2.45) is 0 Å². The smallest absolute Gasteiger partial charge is 0.327 e. The minimum Gasteiger partial charge on any atom is -0.494 e. The topological polar surface area (TPSA) is 96.0 Å². The molecule has 3 heterocycles. The quantitative estimate of drug-likeness (QED) is 0.562. The number of anilines is 2. The number of methoxy groups -OCH3 is 1. The lowest BCUT2D eigenvalue weighted by Crippen LogP contribution is -2.97. The number of nitrogens with one attached hydrogen (secondary N) is 2. The number of amides is 1. The fraction of sp³-hybridized carbons (Fsp3) is 0.500. The highest BCUT2D eigenvalue weighted by atomic mass is 19.1. The van der Waals surface area contributed by atoms with Gasteiger partial charge in [0.2, 0.25) is 5.95 Å². The molecule has 2 unspecified atom stereocenters. The normalized spacial score (nSPS) is 24.7. The van der Waals surface area contributed by atoms with E-state index in [2.05, 4.69) is 15.5 Å². The number of carbonyl (C=O) groups excluding carboxylic acids is 1. The van der Waals surface area contributed by atoms with Crippen molar-refractivity contribution in [3.8, 4) is 5.75 Å². The molecule has 0 saturated carbocycles. The summed E-state index contributed by atoms with van der Waals surface area (Å²) in [6.07, 6.45) is 6.38. The van der Waals surface area contributed by atoms with Gasteiger partial charge in [-0.05, 0) is 39.0 Å². The number of rotatable bonds is 6. The van der Waals surface area contributed by atoms with E-state index in [0.717, 1.165) is 31.4 Å². The third kappa shape index (κ3) is 4.92. The average molecular weight is 500 g/mol. The van der Waals surface area contributed by atoms with Gasteiger partial charge in [0.15, 0.2) is 17.2 Å². The Bertz CT molecular complexity index is 1230. The third-order valence-corrected chi connectivity index (χ3v) is 7.31. The molecule has 2 aliphatic heterocycles. The number of halogens is 2. The van der Waals surface area contributed by atoms with Crippen LogP contribution in [-0.2, 0) is 4.79 Å². The summed E-state index contributed by atoms with van der Waals surface area (Å²) in [6, 6.07) is 3.06. The molecule has 4 N–H and O–H groups in total. The van der Waals surface area contributed by atoms with Gasteiger partial charge in [0.25, 0.3) is 0 Å². The molecule has 3 aliphatic rings. The van der Waals surface area contributed by atoms with Crippen LogP contribution in [0.3, 0.4) is 0 Å². The molecule has 1 aromatic heterocycles. The van der Waals surface area contributed by atoms with Crippen molar-refractivity contribution in [3.63, 3.8) is 0 Å². The molecule has 1 aliphatic carbocycles. The molecule has 2 aromatic rings. The summed E-state index contributed by atoms with van der Waals surface area (Å²) in [4.78, 5) is 23.8. The Kier molecular flexibility index (Phi) is 6.65. The van der Waals surface area contributed by atoms with Gasteiger partial charge in [0.1, 0.15) is 11.9 Å². The molecule has 192 valence electrons. The summed E-state index contributed by atoms with van der Waals surface area (Å²) in [6.45, 7) is 5.68. The first kappa shape index (κ1) is 24.6. The molecule has 1 amide bonds. The first-order chi connectivity index (χ1) is 17.2. The Morgan fingerprint density at radius 2 is 2.00 bits per heavy atom. The van der Waals surface area contributed by atoms with Crippen molar-refractivity contribution in [1.82, 2.24) is 15.3 Å². The molecule has 0 spiro atoms. The first-order valence-corrected chi connectivity index (χ1v) is 12.5. The van der Waals surface area contributed by atoms with E-state index in [1.165, 1.54) is 20.1 Å². The van der Waals surface area contributed by atoms with Crippen LogP contribution in [0.4, 0.5) is 20.5 Å². The predicted octanol–water partition coefficient (Wildman–Crippen LogP) is 2.57. The molecule has 1 aromatic carbocycles. The molecule has 36 heavy (non-hydrogen) atoms. The zero-order chi connectivity index (χ0) is 25.4. The second-order valence-electron chi connectivity index (χ2n) is 10.2. The minimum absolute atomic E-state index is 0.0234. The van der Waals surface area contributed by atoms with E-state index in [1.807, 2.05) is 18.3 Å². The van der Waals surface area contributed by atoms with E-state index in [1.54, 1.807) is 12.1 Å². The standard InChI is InChI=1S/C26H32F2N6O2/c1-15-4-5-22(26(2,28)14-15)32-23-17-12-18(27)21(36-3)13-20(17)31-25(33-23)34-10-7-16(8-11-34)30-24(35)19-6-9-29-19/h4-5,12-13,16,19,29H,6-11,14H2,1-3H3,(H,30,35)(H,31,32,33)/p+1. The van der Waals surface area contributed by atoms with Crippen molar-refractivity contribution in [3.05, 3.63) is 41.4 Å². The average Bonchev–Trinajstić information content (AvgIpc) is 2.79. The lowest BCUT2D eigenvalue weighted by atomic mass is 9.90. The maximum absolute atomic E-state index is 15.4. The number of piperidine rings is 1. The Hall–Kier alpha value is -3.11. The highest BCUT2D eigenvalue weighted by molar-refractivity contribution is 5.92. The van der Waals surface area contributed by atoms with Crippen LogP contribution in [0.15, 0.2) is 35.6 Å². The van der Waals surface area contributed by atoms with Crippen LogP contribution >= 0.6 is 0 Å². The summed E-state index contributed by atoms with van der Waals surface area (Å²) in [5.74, 6) is 0.553. The number of hydrogen-bond donors (Lipinski definition) is 3. The first-order valence-electron chi connectivity index (χ1n) is 12.5. The molecule has 2 saturated heterocycles. The maximum Gasteiger partial charge on any atom is 0.327 e. The fourth-order valence-corrected chi connectivity index (χ4v) is 5.03. The van der Waals surface area contributed by atoms with Crippen molar-refractivity contribution in [2.75, 3.05) is 37.0 Å². The number of fused-ring (bicyclic) bond motifs is 1. The number of quaternary nitrogens is 1. The van der Waals surface area contributed by atoms with Gasteiger partial charge >= 0.3 is 5.91 Å². The molecule has 0 radical (unpaired) electrons. The van der Waals surface area contributed by atoms with Crippen LogP contribution in [0.5, 0.6) is 5.75 Å². The summed E-state index contributed by atoms with van der Waals surface area (Å²) in [5, 5.41) is 8.61. The van der Waals surface area contributed by atoms with E-state index in [-0.39, 0.29) is 30.2 Å². The Morgan fingerprint density at radius 3 is 2.64 bits per heavy atom. The van der Waals surface area contributed by atoms with Gasteiger partial charge in [-0.1, -0.05) is 11.6 Å². The number of ether oxygens (including phenoxy) is 1. The van der Waals surface area contributed by atoms with Gasteiger partial charge in [-0.25, -0.2) is 18.6 Å². The molecule has 2 atom stereocenters. The molecule has 0 bridgehead atoms. The van der Waals surface area contributed by atoms with E-state index < -0.39 is 11.5 Å². The summed E-state index contributed by atoms with van der Waals surface area (Å²) < 4.78 is 35.2. The number of nitrogens with zero attached hydrogens (tertiary/aromatic N) is 3. The monoisotopic (exact) mass is 499 g/mol. The number of allylic oxidation sites excluding steroid dienone is 4. The van der Waals surface area contributed by atoms with Crippen molar-refractivity contribution < 1.29 is 23.6 Å². The lowest BCUT2D eigenvalue weighted by Gasteiger charge is -2.32. The van der Waals surface area contributed by atoms with E-state index in [9.17, 15) is 9.18 Å². The molecule has 5 rings (SSSR count). The van der Waals surface area contributed by atoms with Gasteiger partial charge in [-0.3, -0.25) is 5.32 Å². The second-order valence-corrected chi connectivity index (χ2v) is 10.2. The van der Waals surface area contributed by atoms with Crippen molar-refractivity contribution in [2.45, 2.75) is 57.3 Å². The fourth-order valence-electron chi connectivity index (χ4n) is 5.03. The van der Waals surface area contributed by atoms with Crippen LogP contribution in [0, 0.1) is 5.82 Å². The Balaban J connectivity index is 1.42. The molecule has 10 heteroatoms. The Morgan fingerprint density at radius 1 is 1.25 bits per heavy atom. The largest absolute Gasteiger partial charge is 0.494 e. The third-order valence-electron chi connectivity index (χ3n) is 7.31. The minimum atomic E-state index is -1.60. The van der Waals surface area contributed by atoms with Crippen LogP contribution in [0.2, 0.25) is 0 Å². The van der Waals surface area contributed by atoms with Crippen molar-refractivity contribution >= 4 is 28.6 Å². The van der Waals surface area contributed by atoms with Crippen LogP contribution in [0.1, 0.15) is 39.5 Å². The highest BCUT2D eigenvalue weighted by Gasteiger charge is 2.34. The molecular weight excluding hydrogens is 466 g/mol. The van der Waals surface area contributed by atoms with Gasteiger partial charge in [0.05, 0.1) is 24.4 Å². The van der Waals surface area contributed by atoms with Crippen LogP contribution in [-0.4, -0.2) is 60.4 Å². The SMILES string of the molecule is COc1cc2nc(N3CCC([NH2+]C(=O)C4CCN4)CC3)nc(NC3=CC=C(C)CC3(C)F)c2cc1F. The number of alkyl halides is 1. The van der Waals surface area contributed by atoms with Gasteiger partial charge in [-0.2, -0.15) is 4.98 Å². The number of benzene rings is 1. The number of nitrogens with two attached hydrogens (primary N) is 1. The lowest BCUT2D eigenvalue weighted by molar-refractivity contribution is -0.609. The molecular formula is C26H33F2N6O2+. The number of hydrogen-bond acceptors (Lipinski definition) is 7. The van der Waals surface area contributed by atoms with E-state index in [0.29, 0.717) is 41.5 Å². The summed E-state index contributed by atoms with van der Waals surface area (Å²) in [7, 11) is 1.41.